The second-order valence-electron chi connectivity index (χ2n) is 8.07. The lowest BCUT2D eigenvalue weighted by Gasteiger charge is -2.32. The van der Waals surface area contributed by atoms with Gasteiger partial charge in [-0.1, -0.05) is 19.3 Å². The first-order valence-corrected chi connectivity index (χ1v) is 9.67. The second-order valence-corrected chi connectivity index (χ2v) is 8.07. The molecule has 3 atom stereocenters. The molecular formula is C19H30N2O4. The molecule has 3 rings (SSSR count). The quantitative estimate of drug-likeness (QED) is 0.738. The number of carbonyl (C=O) groups is 3. The van der Waals surface area contributed by atoms with Gasteiger partial charge in [0.15, 0.2) is 0 Å². The number of rotatable bonds is 5. The fourth-order valence-electron chi connectivity index (χ4n) is 4.84. The van der Waals surface area contributed by atoms with Gasteiger partial charge >= 0.3 is 5.97 Å². The number of amides is 1. The molecule has 6 nitrogen and oxygen atoms in total. The van der Waals surface area contributed by atoms with E-state index in [4.69, 9.17) is 4.74 Å². The van der Waals surface area contributed by atoms with E-state index in [1.807, 2.05) is 0 Å². The fraction of sp³-hybridized carbons (Fsp3) is 0.842. The van der Waals surface area contributed by atoms with Crippen molar-refractivity contribution in [3.8, 4) is 0 Å². The summed E-state index contributed by atoms with van der Waals surface area (Å²) in [6.07, 6.45) is 9.59. The molecular weight excluding hydrogens is 320 g/mol. The van der Waals surface area contributed by atoms with Crippen molar-refractivity contribution in [2.45, 2.75) is 76.3 Å². The largest absolute Gasteiger partial charge is 0.467 e. The molecule has 2 saturated carbocycles. The number of esters is 1. The molecule has 6 heteroatoms. The van der Waals surface area contributed by atoms with Crippen LogP contribution in [0.4, 0.5) is 0 Å². The van der Waals surface area contributed by atoms with Crippen LogP contribution < -0.4 is 10.6 Å². The van der Waals surface area contributed by atoms with E-state index < -0.39 is 12.0 Å². The Hall–Kier alpha value is -1.43. The first-order chi connectivity index (χ1) is 12.0. The number of hydrogen-bond acceptors (Lipinski definition) is 5. The van der Waals surface area contributed by atoms with Crippen molar-refractivity contribution in [3.05, 3.63) is 0 Å². The SMILES string of the molecule is COC(=O)[C@H](C[C@@H]1CCCC1=O)NC(=O)C1CC2(CCCCC2)CN1. The van der Waals surface area contributed by atoms with Crippen molar-refractivity contribution < 1.29 is 19.1 Å². The van der Waals surface area contributed by atoms with E-state index in [1.165, 1.54) is 39.2 Å². The topological polar surface area (TPSA) is 84.5 Å². The van der Waals surface area contributed by atoms with E-state index >= 15 is 0 Å². The Morgan fingerprint density at radius 2 is 2.04 bits per heavy atom. The van der Waals surface area contributed by atoms with Crippen LogP contribution in [0.2, 0.25) is 0 Å². The highest BCUT2D eigenvalue weighted by Gasteiger charge is 2.43. The molecule has 3 aliphatic rings. The number of nitrogens with one attached hydrogen (secondary N) is 2. The van der Waals surface area contributed by atoms with Crippen LogP contribution in [-0.2, 0) is 19.1 Å². The maximum Gasteiger partial charge on any atom is 0.328 e. The summed E-state index contributed by atoms with van der Waals surface area (Å²) in [4.78, 5) is 36.7. The average molecular weight is 350 g/mol. The fourth-order valence-corrected chi connectivity index (χ4v) is 4.84. The van der Waals surface area contributed by atoms with Crippen molar-refractivity contribution in [3.63, 3.8) is 0 Å². The maximum atomic E-state index is 12.7. The van der Waals surface area contributed by atoms with Crippen LogP contribution >= 0.6 is 0 Å². The van der Waals surface area contributed by atoms with E-state index in [1.54, 1.807) is 0 Å². The zero-order chi connectivity index (χ0) is 17.9. The highest BCUT2D eigenvalue weighted by Crippen LogP contribution is 2.42. The molecule has 1 spiro atoms. The molecule has 3 fully saturated rings. The highest BCUT2D eigenvalue weighted by atomic mass is 16.5. The predicted octanol–water partition coefficient (Wildman–Crippen LogP) is 1.72. The standard InChI is InChI=1S/C19H30N2O4/c1-25-18(24)14(10-13-6-5-7-16(13)22)21-17(23)15-11-19(12-20-15)8-3-2-4-9-19/h13-15,20H,2-12H2,1H3,(H,21,23)/t13-,14-,15?/m0/s1. The number of hydrogen-bond donors (Lipinski definition) is 2. The van der Waals surface area contributed by atoms with Gasteiger partial charge in [0, 0.05) is 18.9 Å². The van der Waals surface area contributed by atoms with Gasteiger partial charge in [0.2, 0.25) is 5.91 Å². The highest BCUT2D eigenvalue weighted by molar-refractivity contribution is 5.89. The molecule has 25 heavy (non-hydrogen) atoms. The summed E-state index contributed by atoms with van der Waals surface area (Å²) in [7, 11) is 1.32. The monoisotopic (exact) mass is 350 g/mol. The molecule has 0 aromatic rings. The van der Waals surface area contributed by atoms with Gasteiger partial charge in [-0.15, -0.1) is 0 Å². The average Bonchev–Trinajstić information content (AvgIpc) is 3.21. The Balaban J connectivity index is 1.58. The van der Waals surface area contributed by atoms with Crippen molar-refractivity contribution in [2.24, 2.45) is 11.3 Å². The Morgan fingerprint density at radius 1 is 1.28 bits per heavy atom. The molecule has 2 aliphatic carbocycles. The maximum absolute atomic E-state index is 12.7. The number of carbonyl (C=O) groups excluding carboxylic acids is 3. The Labute approximate surface area is 149 Å². The first kappa shape index (κ1) is 18.4. The van der Waals surface area contributed by atoms with E-state index in [0.29, 0.717) is 12.8 Å². The summed E-state index contributed by atoms with van der Waals surface area (Å²) in [5.74, 6) is -0.532. The molecule has 1 heterocycles. The van der Waals surface area contributed by atoms with E-state index in [9.17, 15) is 14.4 Å². The number of methoxy groups -OCH3 is 1. The van der Waals surface area contributed by atoms with Crippen molar-refractivity contribution >= 4 is 17.7 Å². The smallest absolute Gasteiger partial charge is 0.328 e. The van der Waals surface area contributed by atoms with Gasteiger partial charge < -0.3 is 15.4 Å². The molecule has 0 aromatic carbocycles. The summed E-state index contributed by atoms with van der Waals surface area (Å²) in [5.41, 5.74) is 0.252. The Morgan fingerprint density at radius 3 is 2.68 bits per heavy atom. The van der Waals surface area contributed by atoms with Crippen LogP contribution in [0.3, 0.4) is 0 Å². The Bertz CT molecular complexity index is 528. The van der Waals surface area contributed by atoms with Crippen LogP contribution in [0, 0.1) is 11.3 Å². The number of ketones is 1. The van der Waals surface area contributed by atoms with E-state index in [0.717, 1.165) is 25.8 Å². The molecule has 1 aliphatic heterocycles. The third-order valence-corrected chi connectivity index (χ3v) is 6.34. The van der Waals surface area contributed by atoms with Crippen molar-refractivity contribution in [2.75, 3.05) is 13.7 Å². The predicted molar refractivity (Wildman–Crippen MR) is 92.8 cm³/mol. The molecule has 0 aromatic heterocycles. The van der Waals surface area contributed by atoms with Gasteiger partial charge in [-0.3, -0.25) is 9.59 Å². The summed E-state index contributed by atoms with van der Waals surface area (Å²) in [5, 5.41) is 6.20. The van der Waals surface area contributed by atoms with Gasteiger partial charge in [-0.25, -0.2) is 4.79 Å². The first-order valence-electron chi connectivity index (χ1n) is 9.67. The minimum absolute atomic E-state index is 0.134. The summed E-state index contributed by atoms with van der Waals surface area (Å²) >= 11 is 0. The van der Waals surface area contributed by atoms with Crippen LogP contribution in [-0.4, -0.2) is 43.4 Å². The lowest BCUT2D eigenvalue weighted by molar-refractivity contribution is -0.146. The van der Waals surface area contributed by atoms with Crippen molar-refractivity contribution in [1.29, 1.82) is 0 Å². The Kier molecular flexibility index (Phi) is 5.77. The van der Waals surface area contributed by atoms with Crippen molar-refractivity contribution in [1.82, 2.24) is 10.6 Å². The molecule has 1 saturated heterocycles. The lowest BCUT2D eigenvalue weighted by Crippen LogP contribution is -2.49. The van der Waals surface area contributed by atoms with E-state index in [-0.39, 0.29) is 29.1 Å². The van der Waals surface area contributed by atoms with Crippen LogP contribution in [0.5, 0.6) is 0 Å². The zero-order valence-electron chi connectivity index (χ0n) is 15.1. The summed E-state index contributed by atoms with van der Waals surface area (Å²) in [6.45, 7) is 0.884. The van der Waals surface area contributed by atoms with Gasteiger partial charge in [-0.2, -0.15) is 0 Å². The minimum Gasteiger partial charge on any atom is -0.467 e. The number of ether oxygens (including phenoxy) is 1. The number of Topliss-reactive ketones (excluding diaryl/α,β-unsaturated/α-hetero) is 1. The molecule has 0 radical (unpaired) electrons. The van der Waals surface area contributed by atoms with Crippen LogP contribution in [0.1, 0.15) is 64.2 Å². The normalized spacial score (nSPS) is 29.6. The zero-order valence-corrected chi connectivity index (χ0v) is 15.1. The van der Waals surface area contributed by atoms with Gasteiger partial charge in [-0.05, 0) is 43.9 Å². The molecule has 1 amide bonds. The minimum atomic E-state index is -0.728. The molecule has 2 N–H and O–H groups in total. The van der Waals surface area contributed by atoms with Crippen LogP contribution in [0.15, 0.2) is 0 Å². The van der Waals surface area contributed by atoms with Crippen LogP contribution in [0.25, 0.3) is 0 Å². The molecule has 140 valence electrons. The summed E-state index contributed by atoms with van der Waals surface area (Å²) in [6, 6.07) is -0.973. The third kappa shape index (κ3) is 4.22. The van der Waals surface area contributed by atoms with Gasteiger partial charge in [0.25, 0.3) is 0 Å². The second kappa shape index (κ2) is 7.85. The third-order valence-electron chi connectivity index (χ3n) is 6.34. The molecule has 0 bridgehead atoms. The van der Waals surface area contributed by atoms with Gasteiger partial charge in [0.1, 0.15) is 11.8 Å². The summed E-state index contributed by atoms with van der Waals surface area (Å²) < 4.78 is 4.85. The molecule has 1 unspecified atom stereocenters. The van der Waals surface area contributed by atoms with Gasteiger partial charge in [0.05, 0.1) is 13.2 Å². The lowest BCUT2D eigenvalue weighted by atomic mass is 9.72. The van der Waals surface area contributed by atoms with E-state index in [2.05, 4.69) is 10.6 Å².